The van der Waals surface area contributed by atoms with Crippen LogP contribution in [-0.2, 0) is 0 Å². The molecule has 0 aliphatic heterocycles. The Kier molecular flexibility index (Phi) is 5.64. The normalized spacial score (nSPS) is 12.1. The van der Waals surface area contributed by atoms with Gasteiger partial charge in [-0.25, -0.2) is 0 Å². The molecule has 6 heteroatoms. The highest BCUT2D eigenvalue weighted by Gasteiger charge is 2.16. The molecule has 0 radical (unpaired) electrons. The first-order valence-corrected chi connectivity index (χ1v) is 6.36. The van der Waals surface area contributed by atoms with Crippen molar-refractivity contribution in [1.29, 1.82) is 0 Å². The molecule has 0 bridgehead atoms. The third kappa shape index (κ3) is 3.77. The summed E-state index contributed by atoms with van der Waals surface area (Å²) in [6.45, 7) is 2.56. The predicted molar refractivity (Wildman–Crippen MR) is 79.4 cm³/mol. The summed E-state index contributed by atoms with van der Waals surface area (Å²) in [6, 6.07) is 3.48. The minimum absolute atomic E-state index is 0.229. The summed E-state index contributed by atoms with van der Waals surface area (Å²) < 4.78 is 10.3. The van der Waals surface area contributed by atoms with Crippen molar-refractivity contribution >= 4 is 11.6 Å². The number of hydrogen-bond acceptors (Lipinski definition) is 5. The Balaban J connectivity index is 2.92. The van der Waals surface area contributed by atoms with Gasteiger partial charge in [-0.1, -0.05) is 0 Å². The number of likely N-dealkylation sites (N-methyl/N-ethyl adjacent to an activating group) is 1. The lowest BCUT2D eigenvalue weighted by molar-refractivity contribution is 0.0944. The Bertz CT molecular complexity index is 475. The maximum atomic E-state index is 12.2. The van der Waals surface area contributed by atoms with Gasteiger partial charge in [0.05, 0.1) is 25.5 Å². The summed E-state index contributed by atoms with van der Waals surface area (Å²) in [5.74, 6) is 0.713. The number of methoxy groups -OCH3 is 2. The summed E-state index contributed by atoms with van der Waals surface area (Å²) >= 11 is 0. The molecule has 3 N–H and O–H groups in total. The molecule has 0 heterocycles. The Labute approximate surface area is 119 Å². The second-order valence-electron chi connectivity index (χ2n) is 4.81. The monoisotopic (exact) mass is 281 g/mol. The molecule has 1 aromatic rings. The molecule has 0 aliphatic carbocycles. The fourth-order valence-electron chi connectivity index (χ4n) is 1.59. The smallest absolute Gasteiger partial charge is 0.253 e. The van der Waals surface area contributed by atoms with Crippen molar-refractivity contribution in [2.24, 2.45) is 0 Å². The number of amides is 1. The van der Waals surface area contributed by atoms with Crippen LogP contribution in [-0.4, -0.2) is 51.7 Å². The van der Waals surface area contributed by atoms with Crippen LogP contribution in [0.15, 0.2) is 12.1 Å². The van der Waals surface area contributed by atoms with Crippen molar-refractivity contribution in [3.63, 3.8) is 0 Å². The molecule has 0 aliphatic rings. The summed E-state index contributed by atoms with van der Waals surface area (Å²) in [7, 11) is 6.95. The molecule has 1 rings (SSSR count). The maximum absolute atomic E-state index is 12.2. The molecule has 0 spiro atoms. The Hall–Kier alpha value is -1.95. The van der Waals surface area contributed by atoms with E-state index in [1.54, 1.807) is 12.1 Å². The van der Waals surface area contributed by atoms with Crippen molar-refractivity contribution in [3.05, 3.63) is 17.7 Å². The van der Waals surface area contributed by atoms with Gasteiger partial charge in [0.15, 0.2) is 0 Å². The molecule has 6 nitrogen and oxygen atoms in total. The van der Waals surface area contributed by atoms with E-state index in [4.69, 9.17) is 15.2 Å². The minimum atomic E-state index is -0.242. The molecule has 1 amide bonds. The third-order valence-electron chi connectivity index (χ3n) is 3.26. The predicted octanol–water partition coefficient (Wildman–Crippen LogP) is 0.966. The van der Waals surface area contributed by atoms with Gasteiger partial charge < -0.3 is 25.4 Å². The first-order chi connectivity index (χ1) is 9.40. The first kappa shape index (κ1) is 16.1. The van der Waals surface area contributed by atoms with Crippen LogP contribution in [0.4, 0.5) is 5.69 Å². The highest BCUT2D eigenvalue weighted by molar-refractivity contribution is 6.01. The van der Waals surface area contributed by atoms with E-state index in [0.717, 1.165) is 0 Å². The molecule has 0 aromatic heterocycles. The number of ether oxygens (including phenoxy) is 2. The summed E-state index contributed by atoms with van der Waals surface area (Å²) in [4.78, 5) is 14.2. The van der Waals surface area contributed by atoms with Crippen molar-refractivity contribution in [1.82, 2.24) is 10.2 Å². The summed E-state index contributed by atoms with van der Waals surface area (Å²) in [5.41, 5.74) is 6.60. The molecular formula is C14H23N3O3. The number of anilines is 1. The summed E-state index contributed by atoms with van der Waals surface area (Å²) in [6.07, 6.45) is 0. The van der Waals surface area contributed by atoms with Crippen LogP contribution in [0.2, 0.25) is 0 Å². The van der Waals surface area contributed by atoms with Crippen molar-refractivity contribution in [2.45, 2.75) is 13.0 Å². The molecule has 0 fully saturated rings. The molecule has 112 valence electrons. The zero-order valence-corrected chi connectivity index (χ0v) is 12.7. The van der Waals surface area contributed by atoms with Gasteiger partial charge in [-0.15, -0.1) is 0 Å². The Morgan fingerprint density at radius 2 is 2.00 bits per heavy atom. The SMILES string of the molecule is COc1cc(OC)c(N)c(C(=O)NCC(C)N(C)C)c1. The minimum Gasteiger partial charge on any atom is -0.497 e. The van der Waals surface area contributed by atoms with E-state index in [2.05, 4.69) is 5.32 Å². The van der Waals surface area contributed by atoms with Gasteiger partial charge in [0.1, 0.15) is 11.5 Å². The van der Waals surface area contributed by atoms with Gasteiger partial charge in [-0.2, -0.15) is 0 Å². The van der Waals surface area contributed by atoms with E-state index in [9.17, 15) is 4.79 Å². The number of hydrogen-bond donors (Lipinski definition) is 2. The zero-order valence-electron chi connectivity index (χ0n) is 12.7. The standard InChI is InChI=1S/C14H23N3O3/c1-9(17(2)3)8-16-14(18)11-6-10(19-4)7-12(20-5)13(11)15/h6-7,9H,8,15H2,1-5H3,(H,16,18). The van der Waals surface area contributed by atoms with E-state index in [-0.39, 0.29) is 11.9 Å². The van der Waals surface area contributed by atoms with Gasteiger partial charge in [0.25, 0.3) is 5.91 Å². The van der Waals surface area contributed by atoms with E-state index in [1.807, 2.05) is 25.9 Å². The molecule has 20 heavy (non-hydrogen) atoms. The van der Waals surface area contributed by atoms with Gasteiger partial charge >= 0.3 is 0 Å². The number of carbonyl (C=O) groups is 1. The van der Waals surface area contributed by atoms with Gasteiger partial charge in [-0.3, -0.25) is 4.79 Å². The van der Waals surface area contributed by atoms with Crippen molar-refractivity contribution in [2.75, 3.05) is 40.6 Å². The zero-order chi connectivity index (χ0) is 15.3. The van der Waals surface area contributed by atoms with Crippen LogP contribution >= 0.6 is 0 Å². The Morgan fingerprint density at radius 1 is 1.35 bits per heavy atom. The molecule has 1 unspecified atom stereocenters. The second-order valence-corrected chi connectivity index (χ2v) is 4.81. The van der Waals surface area contributed by atoms with Gasteiger partial charge in [-0.05, 0) is 27.1 Å². The lowest BCUT2D eigenvalue weighted by atomic mass is 10.1. The average molecular weight is 281 g/mol. The van der Waals surface area contributed by atoms with Gasteiger partial charge in [0, 0.05) is 18.7 Å². The number of nitrogen functional groups attached to an aromatic ring is 1. The van der Waals surface area contributed by atoms with Crippen LogP contribution in [0.5, 0.6) is 11.5 Å². The van der Waals surface area contributed by atoms with E-state index >= 15 is 0 Å². The van der Waals surface area contributed by atoms with Crippen molar-refractivity contribution in [3.8, 4) is 11.5 Å². The molecule has 1 aromatic carbocycles. The topological polar surface area (TPSA) is 76.8 Å². The largest absolute Gasteiger partial charge is 0.497 e. The van der Waals surface area contributed by atoms with Gasteiger partial charge in [0.2, 0.25) is 0 Å². The number of carbonyl (C=O) groups excluding carboxylic acids is 1. The first-order valence-electron chi connectivity index (χ1n) is 6.36. The number of nitrogens with one attached hydrogen (secondary N) is 1. The highest BCUT2D eigenvalue weighted by atomic mass is 16.5. The van der Waals surface area contributed by atoms with Crippen LogP contribution in [0.1, 0.15) is 17.3 Å². The number of nitrogens with zero attached hydrogens (tertiary/aromatic N) is 1. The number of benzene rings is 1. The molecule has 0 saturated carbocycles. The average Bonchev–Trinajstić information content (AvgIpc) is 2.44. The fourth-order valence-corrected chi connectivity index (χ4v) is 1.59. The maximum Gasteiger partial charge on any atom is 0.253 e. The molecule has 1 atom stereocenters. The lowest BCUT2D eigenvalue weighted by Crippen LogP contribution is -2.38. The highest BCUT2D eigenvalue weighted by Crippen LogP contribution is 2.30. The van der Waals surface area contributed by atoms with Crippen LogP contribution < -0.4 is 20.5 Å². The second kappa shape index (κ2) is 7.00. The third-order valence-corrected chi connectivity index (χ3v) is 3.26. The summed E-state index contributed by atoms with van der Waals surface area (Å²) in [5, 5.41) is 2.85. The van der Waals surface area contributed by atoms with E-state index in [1.165, 1.54) is 14.2 Å². The number of nitrogens with two attached hydrogens (primary N) is 1. The van der Waals surface area contributed by atoms with E-state index in [0.29, 0.717) is 29.3 Å². The van der Waals surface area contributed by atoms with Crippen LogP contribution in [0.3, 0.4) is 0 Å². The van der Waals surface area contributed by atoms with Crippen LogP contribution in [0, 0.1) is 0 Å². The van der Waals surface area contributed by atoms with Crippen molar-refractivity contribution < 1.29 is 14.3 Å². The number of rotatable bonds is 6. The van der Waals surface area contributed by atoms with Crippen LogP contribution in [0.25, 0.3) is 0 Å². The van der Waals surface area contributed by atoms with E-state index < -0.39 is 0 Å². The fraction of sp³-hybridized carbons (Fsp3) is 0.500. The quantitative estimate of drug-likeness (QED) is 0.760. The lowest BCUT2D eigenvalue weighted by Gasteiger charge is -2.20. The molecule has 0 saturated heterocycles. The Morgan fingerprint density at radius 3 is 2.50 bits per heavy atom. The molecular weight excluding hydrogens is 258 g/mol.